The topological polar surface area (TPSA) is 34.1 Å². The highest BCUT2D eigenvalue weighted by Gasteiger charge is 2.41. The molecule has 1 aromatic rings. The lowest BCUT2D eigenvalue weighted by molar-refractivity contribution is 0.395. The van der Waals surface area contributed by atoms with E-state index in [1.54, 1.807) is 7.11 Å². The van der Waals surface area contributed by atoms with Gasteiger partial charge in [-0.1, -0.05) is 6.07 Å². The third-order valence-electron chi connectivity index (χ3n) is 2.89. The van der Waals surface area contributed by atoms with Crippen LogP contribution in [-0.2, 0) is 6.42 Å². The Morgan fingerprint density at radius 2 is 2.29 bits per heavy atom. The third kappa shape index (κ3) is 1.87. The molecule has 2 rings (SSSR count). The average Bonchev–Trinajstić information content (AvgIpc) is 2.99. The van der Waals surface area contributed by atoms with Crippen molar-refractivity contribution in [2.45, 2.75) is 24.8 Å². The van der Waals surface area contributed by atoms with Crippen LogP contribution in [0.5, 0.6) is 5.88 Å². The fourth-order valence-electron chi connectivity index (χ4n) is 1.68. The van der Waals surface area contributed by atoms with E-state index in [0.29, 0.717) is 11.4 Å². The van der Waals surface area contributed by atoms with Crippen LogP contribution in [0.1, 0.15) is 18.5 Å². The predicted molar refractivity (Wildman–Crippen MR) is 55.5 cm³/mol. The minimum Gasteiger partial charge on any atom is -0.481 e. The van der Waals surface area contributed by atoms with Crippen LogP contribution in [0.2, 0.25) is 0 Å². The second kappa shape index (κ2) is 3.58. The molecule has 3 nitrogen and oxygen atoms in total. The fourth-order valence-corrected chi connectivity index (χ4v) is 1.68. The van der Waals surface area contributed by atoms with E-state index in [1.165, 1.54) is 12.8 Å². The minimum absolute atomic E-state index is 0.319. The van der Waals surface area contributed by atoms with Gasteiger partial charge in [0.2, 0.25) is 5.88 Å². The number of ether oxygens (including phenoxy) is 1. The zero-order chi connectivity index (χ0) is 10.0. The summed E-state index contributed by atoms with van der Waals surface area (Å²) in [7, 11) is 3.67. The molecule has 0 amide bonds. The van der Waals surface area contributed by atoms with Crippen molar-refractivity contribution in [1.29, 1.82) is 0 Å². The Morgan fingerprint density at radius 1 is 1.50 bits per heavy atom. The van der Waals surface area contributed by atoms with Crippen LogP contribution in [0.3, 0.4) is 0 Å². The van der Waals surface area contributed by atoms with Gasteiger partial charge in [0, 0.05) is 23.7 Å². The van der Waals surface area contributed by atoms with E-state index in [-0.39, 0.29) is 0 Å². The summed E-state index contributed by atoms with van der Waals surface area (Å²) in [6.45, 7) is 0. The van der Waals surface area contributed by atoms with Gasteiger partial charge >= 0.3 is 0 Å². The molecule has 1 aromatic heterocycles. The van der Waals surface area contributed by atoms with Gasteiger partial charge in [-0.25, -0.2) is 4.98 Å². The number of nitrogens with one attached hydrogen (secondary N) is 1. The van der Waals surface area contributed by atoms with E-state index >= 15 is 0 Å². The van der Waals surface area contributed by atoms with Crippen molar-refractivity contribution in [3.8, 4) is 5.88 Å². The van der Waals surface area contributed by atoms with E-state index in [0.717, 1.165) is 12.1 Å². The molecule has 1 aliphatic carbocycles. The molecule has 76 valence electrons. The molecular weight excluding hydrogens is 176 g/mol. The molecule has 0 bridgehead atoms. The lowest BCUT2D eigenvalue weighted by Crippen LogP contribution is -2.29. The van der Waals surface area contributed by atoms with E-state index in [4.69, 9.17) is 4.74 Å². The maximum atomic E-state index is 5.09. The Morgan fingerprint density at radius 3 is 2.86 bits per heavy atom. The van der Waals surface area contributed by atoms with Crippen molar-refractivity contribution >= 4 is 0 Å². The molecule has 1 heterocycles. The largest absolute Gasteiger partial charge is 0.481 e. The van der Waals surface area contributed by atoms with Crippen molar-refractivity contribution in [1.82, 2.24) is 10.3 Å². The van der Waals surface area contributed by atoms with Crippen molar-refractivity contribution in [2.75, 3.05) is 14.2 Å². The first kappa shape index (κ1) is 9.46. The zero-order valence-corrected chi connectivity index (χ0v) is 8.71. The van der Waals surface area contributed by atoms with Crippen molar-refractivity contribution in [2.24, 2.45) is 0 Å². The first-order chi connectivity index (χ1) is 6.78. The van der Waals surface area contributed by atoms with E-state index < -0.39 is 0 Å². The molecule has 14 heavy (non-hydrogen) atoms. The second-order valence-corrected chi connectivity index (χ2v) is 3.88. The second-order valence-electron chi connectivity index (χ2n) is 3.88. The molecule has 1 aliphatic rings. The van der Waals surface area contributed by atoms with Gasteiger partial charge in [-0.15, -0.1) is 0 Å². The molecule has 0 unspecified atom stereocenters. The number of methoxy groups -OCH3 is 1. The van der Waals surface area contributed by atoms with Gasteiger partial charge in [-0.2, -0.15) is 0 Å². The normalized spacial score (nSPS) is 17.9. The number of hydrogen-bond donors (Lipinski definition) is 1. The summed E-state index contributed by atoms with van der Waals surface area (Å²) in [5.41, 5.74) is 1.43. The molecule has 0 atom stereocenters. The van der Waals surface area contributed by atoms with Gasteiger partial charge in [0.25, 0.3) is 0 Å². The highest BCUT2D eigenvalue weighted by Crippen LogP contribution is 2.37. The summed E-state index contributed by atoms with van der Waals surface area (Å²) < 4.78 is 5.09. The van der Waals surface area contributed by atoms with Crippen LogP contribution in [0.4, 0.5) is 0 Å². The molecule has 0 aromatic carbocycles. The summed E-state index contributed by atoms with van der Waals surface area (Å²) in [6.07, 6.45) is 3.51. The van der Waals surface area contributed by atoms with Gasteiger partial charge < -0.3 is 10.1 Å². The minimum atomic E-state index is 0.319. The standard InChI is InChI=1S/C11H16N2O/c1-12-11(6-7-11)8-9-4-3-5-10(13-9)14-2/h3-5,12H,6-8H2,1-2H3. The number of aromatic nitrogens is 1. The Balaban J connectivity index is 2.09. The lowest BCUT2D eigenvalue weighted by Gasteiger charge is -2.13. The third-order valence-corrected chi connectivity index (χ3v) is 2.89. The summed E-state index contributed by atoms with van der Waals surface area (Å²) in [5.74, 6) is 0.703. The molecule has 1 saturated carbocycles. The maximum Gasteiger partial charge on any atom is 0.213 e. The monoisotopic (exact) mass is 192 g/mol. The number of nitrogens with zero attached hydrogens (tertiary/aromatic N) is 1. The Kier molecular flexibility index (Phi) is 2.42. The van der Waals surface area contributed by atoms with Crippen LogP contribution in [0.25, 0.3) is 0 Å². The molecule has 1 N–H and O–H groups in total. The Hall–Kier alpha value is -1.09. The Bertz CT molecular complexity index is 321. The van der Waals surface area contributed by atoms with Gasteiger partial charge in [-0.3, -0.25) is 0 Å². The molecule has 3 heteroatoms. The zero-order valence-electron chi connectivity index (χ0n) is 8.71. The SMILES string of the molecule is CNC1(Cc2cccc(OC)n2)CC1. The summed E-state index contributed by atoms with van der Waals surface area (Å²) in [5, 5.41) is 3.36. The van der Waals surface area contributed by atoms with Crippen LogP contribution in [0, 0.1) is 0 Å². The maximum absolute atomic E-state index is 5.09. The average molecular weight is 192 g/mol. The molecule has 0 saturated heterocycles. The van der Waals surface area contributed by atoms with E-state index in [2.05, 4.69) is 16.4 Å². The van der Waals surface area contributed by atoms with Gasteiger partial charge in [-0.05, 0) is 26.0 Å². The van der Waals surface area contributed by atoms with E-state index in [1.807, 2.05) is 19.2 Å². The van der Waals surface area contributed by atoms with Gasteiger partial charge in [0.1, 0.15) is 0 Å². The smallest absolute Gasteiger partial charge is 0.213 e. The number of likely N-dealkylation sites (N-methyl/N-ethyl adjacent to an activating group) is 1. The number of pyridine rings is 1. The van der Waals surface area contributed by atoms with Crippen LogP contribution >= 0.6 is 0 Å². The molecule has 1 fully saturated rings. The van der Waals surface area contributed by atoms with Crippen molar-refractivity contribution in [3.63, 3.8) is 0 Å². The van der Waals surface area contributed by atoms with Crippen molar-refractivity contribution < 1.29 is 4.74 Å². The number of hydrogen-bond acceptors (Lipinski definition) is 3. The van der Waals surface area contributed by atoms with E-state index in [9.17, 15) is 0 Å². The Labute approximate surface area is 84.5 Å². The number of rotatable bonds is 4. The molecule has 0 radical (unpaired) electrons. The van der Waals surface area contributed by atoms with Crippen LogP contribution < -0.4 is 10.1 Å². The summed E-state index contributed by atoms with van der Waals surface area (Å²) in [4.78, 5) is 4.40. The first-order valence-electron chi connectivity index (χ1n) is 4.97. The lowest BCUT2D eigenvalue weighted by atomic mass is 10.1. The predicted octanol–water partition coefficient (Wildman–Crippen LogP) is 1.38. The highest BCUT2D eigenvalue weighted by molar-refractivity contribution is 5.19. The first-order valence-corrected chi connectivity index (χ1v) is 4.97. The van der Waals surface area contributed by atoms with Gasteiger partial charge in [0.15, 0.2) is 0 Å². The van der Waals surface area contributed by atoms with Crippen LogP contribution in [0.15, 0.2) is 18.2 Å². The quantitative estimate of drug-likeness (QED) is 0.782. The van der Waals surface area contributed by atoms with Crippen LogP contribution in [-0.4, -0.2) is 24.7 Å². The molecule has 0 spiro atoms. The highest BCUT2D eigenvalue weighted by atomic mass is 16.5. The summed E-state index contributed by atoms with van der Waals surface area (Å²) in [6, 6.07) is 5.93. The molecular formula is C11H16N2O. The van der Waals surface area contributed by atoms with Crippen molar-refractivity contribution in [3.05, 3.63) is 23.9 Å². The fraction of sp³-hybridized carbons (Fsp3) is 0.545. The summed E-state index contributed by atoms with van der Waals surface area (Å²) >= 11 is 0. The molecule has 0 aliphatic heterocycles. The van der Waals surface area contributed by atoms with Gasteiger partial charge in [0.05, 0.1) is 7.11 Å².